The number of halogens is 2. The van der Waals surface area contributed by atoms with Gasteiger partial charge in [-0.3, -0.25) is 4.90 Å². The van der Waals surface area contributed by atoms with E-state index in [1.54, 1.807) is 6.07 Å². The van der Waals surface area contributed by atoms with Crippen molar-refractivity contribution < 1.29 is 4.74 Å². The molecule has 2 aromatic carbocycles. The molecule has 0 bridgehead atoms. The molecule has 2 aliphatic rings. The average molecular weight is 578 g/mol. The molecule has 0 atom stereocenters. The molecule has 0 amide bonds. The molecule has 5 aromatic rings. The van der Waals surface area contributed by atoms with E-state index in [9.17, 15) is 0 Å². The molecular formula is C29H30Cl2N8O. The zero-order valence-corrected chi connectivity index (χ0v) is 23.5. The Morgan fingerprint density at radius 2 is 1.80 bits per heavy atom. The van der Waals surface area contributed by atoms with Crippen LogP contribution in [0.5, 0.6) is 0 Å². The number of nitrogens with one attached hydrogen (secondary N) is 1. The molecule has 7 rings (SSSR count). The van der Waals surface area contributed by atoms with E-state index in [0.717, 1.165) is 96.7 Å². The highest BCUT2D eigenvalue weighted by Crippen LogP contribution is 2.37. The quantitative estimate of drug-likeness (QED) is 0.277. The highest BCUT2D eigenvalue weighted by Gasteiger charge is 2.30. The zero-order valence-electron chi connectivity index (χ0n) is 22.0. The van der Waals surface area contributed by atoms with Crippen molar-refractivity contribution in [2.45, 2.75) is 44.2 Å². The van der Waals surface area contributed by atoms with Crippen LogP contribution in [0.2, 0.25) is 10.0 Å². The fourth-order valence-electron chi connectivity index (χ4n) is 6.22. The van der Waals surface area contributed by atoms with E-state index in [4.69, 9.17) is 43.8 Å². The Bertz CT molecular complexity index is 1680. The van der Waals surface area contributed by atoms with Crippen LogP contribution in [-0.4, -0.2) is 67.0 Å². The van der Waals surface area contributed by atoms with E-state index in [2.05, 4.69) is 24.5 Å². The van der Waals surface area contributed by atoms with Crippen LogP contribution in [0.1, 0.15) is 43.1 Å². The fourth-order valence-corrected chi connectivity index (χ4v) is 6.60. The molecule has 0 radical (unpaired) electrons. The molecule has 1 aliphatic heterocycles. The van der Waals surface area contributed by atoms with Crippen LogP contribution in [0.15, 0.2) is 42.7 Å². The SMILES string of the molecule is Nc1ncnc2c1c(-c1ccc3[nH]c(Cc4cccc(Cl)c4Cl)nc3c1)nn2C1CCC(N2CCOCC2)CC1. The van der Waals surface area contributed by atoms with Crippen molar-refractivity contribution in [1.82, 2.24) is 34.6 Å². The Morgan fingerprint density at radius 1 is 1.00 bits per heavy atom. The molecule has 40 heavy (non-hydrogen) atoms. The number of hydrogen-bond acceptors (Lipinski definition) is 7. The Kier molecular flexibility index (Phi) is 6.83. The average Bonchev–Trinajstić information content (AvgIpc) is 3.58. The summed E-state index contributed by atoms with van der Waals surface area (Å²) in [6.07, 6.45) is 6.46. The standard InChI is InChI=1S/C29H30Cl2N8O/c30-21-3-1-2-17(26(21)31)15-24-35-22-9-4-18(14-23(22)36-24)27-25-28(32)33-16-34-29(25)39(37-27)20-7-5-19(6-8-20)38-10-12-40-13-11-38/h1-4,9,14,16,19-20H,5-8,10-13,15H2,(H,35,36)(H2,32,33,34). The largest absolute Gasteiger partial charge is 0.383 e. The van der Waals surface area contributed by atoms with E-state index < -0.39 is 0 Å². The number of fused-ring (bicyclic) bond motifs is 2. The van der Waals surface area contributed by atoms with Gasteiger partial charge >= 0.3 is 0 Å². The predicted molar refractivity (Wildman–Crippen MR) is 158 cm³/mol. The summed E-state index contributed by atoms with van der Waals surface area (Å²) in [7, 11) is 0. The van der Waals surface area contributed by atoms with Gasteiger partial charge in [0, 0.05) is 31.1 Å². The molecular weight excluding hydrogens is 547 g/mol. The summed E-state index contributed by atoms with van der Waals surface area (Å²) in [5, 5.41) is 6.99. The van der Waals surface area contributed by atoms with Gasteiger partial charge in [0.1, 0.15) is 23.7 Å². The Balaban J connectivity index is 1.19. The molecule has 0 spiro atoms. The maximum Gasteiger partial charge on any atom is 0.164 e. The number of benzene rings is 2. The third-order valence-electron chi connectivity index (χ3n) is 8.29. The number of hydrogen-bond donors (Lipinski definition) is 2. The first-order chi connectivity index (χ1) is 19.5. The maximum absolute atomic E-state index is 6.42. The van der Waals surface area contributed by atoms with Crippen LogP contribution in [0.4, 0.5) is 5.82 Å². The number of morpholine rings is 1. The number of H-pyrrole nitrogens is 1. The summed E-state index contributed by atoms with van der Waals surface area (Å²) < 4.78 is 7.63. The molecule has 1 aliphatic carbocycles. The minimum Gasteiger partial charge on any atom is -0.383 e. The van der Waals surface area contributed by atoms with E-state index >= 15 is 0 Å². The number of rotatable bonds is 5. The van der Waals surface area contributed by atoms with Crippen LogP contribution < -0.4 is 5.73 Å². The minimum atomic E-state index is 0.269. The maximum atomic E-state index is 6.42. The summed E-state index contributed by atoms with van der Waals surface area (Å²) in [6, 6.07) is 12.6. The van der Waals surface area contributed by atoms with Crippen LogP contribution >= 0.6 is 23.2 Å². The lowest BCUT2D eigenvalue weighted by molar-refractivity contribution is 0.00520. The lowest BCUT2D eigenvalue weighted by Crippen LogP contribution is -2.45. The molecule has 11 heteroatoms. The number of aromatic nitrogens is 6. The zero-order chi connectivity index (χ0) is 27.2. The van der Waals surface area contributed by atoms with Crippen LogP contribution in [-0.2, 0) is 11.2 Å². The van der Waals surface area contributed by atoms with Gasteiger partial charge in [0.05, 0.1) is 45.7 Å². The minimum absolute atomic E-state index is 0.269. The fraction of sp³-hybridized carbons (Fsp3) is 0.379. The van der Waals surface area contributed by atoms with Gasteiger partial charge in [-0.15, -0.1) is 0 Å². The molecule has 3 aromatic heterocycles. The van der Waals surface area contributed by atoms with Crippen molar-refractivity contribution in [3.05, 3.63) is 64.2 Å². The molecule has 3 N–H and O–H groups in total. The topological polar surface area (TPSA) is 111 Å². The number of aromatic amines is 1. The van der Waals surface area contributed by atoms with Crippen molar-refractivity contribution in [2.24, 2.45) is 0 Å². The summed E-state index contributed by atoms with van der Waals surface area (Å²) >= 11 is 12.6. The summed E-state index contributed by atoms with van der Waals surface area (Å²) in [4.78, 5) is 19.8. The monoisotopic (exact) mass is 576 g/mol. The highest BCUT2D eigenvalue weighted by atomic mass is 35.5. The number of imidazole rings is 1. The van der Waals surface area contributed by atoms with E-state index in [1.165, 1.54) is 6.33 Å². The van der Waals surface area contributed by atoms with Crippen molar-refractivity contribution in [2.75, 3.05) is 32.0 Å². The van der Waals surface area contributed by atoms with Gasteiger partial charge in [0.2, 0.25) is 0 Å². The predicted octanol–water partition coefficient (Wildman–Crippen LogP) is 5.67. The van der Waals surface area contributed by atoms with Crippen molar-refractivity contribution in [3.63, 3.8) is 0 Å². The first-order valence-electron chi connectivity index (χ1n) is 13.8. The summed E-state index contributed by atoms with van der Waals surface area (Å²) in [5.74, 6) is 1.25. The number of nitrogen functional groups attached to an aromatic ring is 1. The number of anilines is 1. The van der Waals surface area contributed by atoms with E-state index in [0.29, 0.717) is 28.3 Å². The number of ether oxygens (including phenoxy) is 1. The van der Waals surface area contributed by atoms with Crippen LogP contribution in [0.25, 0.3) is 33.3 Å². The second-order valence-electron chi connectivity index (χ2n) is 10.7. The summed E-state index contributed by atoms with van der Waals surface area (Å²) in [5.41, 5.74) is 11.6. The Labute approximate surface area is 241 Å². The number of nitrogens with two attached hydrogens (primary N) is 1. The van der Waals surface area contributed by atoms with Gasteiger partial charge in [-0.2, -0.15) is 5.10 Å². The van der Waals surface area contributed by atoms with Crippen molar-refractivity contribution >= 4 is 51.1 Å². The van der Waals surface area contributed by atoms with Gasteiger partial charge in [0.15, 0.2) is 5.65 Å². The van der Waals surface area contributed by atoms with Gasteiger partial charge in [-0.05, 0) is 49.4 Å². The van der Waals surface area contributed by atoms with Crippen molar-refractivity contribution in [1.29, 1.82) is 0 Å². The second kappa shape index (κ2) is 10.6. The smallest absolute Gasteiger partial charge is 0.164 e. The third-order valence-corrected chi connectivity index (χ3v) is 9.15. The molecule has 206 valence electrons. The van der Waals surface area contributed by atoms with E-state index in [-0.39, 0.29) is 6.04 Å². The summed E-state index contributed by atoms with van der Waals surface area (Å²) in [6.45, 7) is 3.72. The number of nitrogens with zero attached hydrogens (tertiary/aromatic N) is 6. The van der Waals surface area contributed by atoms with Gasteiger partial charge in [-0.1, -0.05) is 41.4 Å². The van der Waals surface area contributed by atoms with Gasteiger partial charge in [0.25, 0.3) is 0 Å². The molecule has 4 heterocycles. The van der Waals surface area contributed by atoms with Gasteiger partial charge in [-0.25, -0.2) is 19.6 Å². The molecule has 2 fully saturated rings. The first kappa shape index (κ1) is 25.7. The molecule has 9 nitrogen and oxygen atoms in total. The first-order valence-corrected chi connectivity index (χ1v) is 14.5. The third kappa shape index (κ3) is 4.71. The lowest BCUT2D eigenvalue weighted by Gasteiger charge is -2.38. The van der Waals surface area contributed by atoms with Crippen LogP contribution in [0, 0.1) is 0 Å². The molecule has 1 saturated carbocycles. The van der Waals surface area contributed by atoms with Crippen LogP contribution in [0.3, 0.4) is 0 Å². The molecule has 0 unspecified atom stereocenters. The van der Waals surface area contributed by atoms with E-state index in [1.807, 2.05) is 30.3 Å². The normalized spacial score (nSPS) is 20.4. The highest BCUT2D eigenvalue weighted by molar-refractivity contribution is 6.42. The van der Waals surface area contributed by atoms with Gasteiger partial charge < -0.3 is 15.5 Å². The Morgan fingerprint density at radius 3 is 2.62 bits per heavy atom. The lowest BCUT2D eigenvalue weighted by atomic mass is 9.90. The van der Waals surface area contributed by atoms with Crippen molar-refractivity contribution in [3.8, 4) is 11.3 Å². The second-order valence-corrected chi connectivity index (χ2v) is 11.5. The molecule has 1 saturated heterocycles. The Hall–Kier alpha value is -3.24.